The fourth-order valence-electron chi connectivity index (χ4n) is 7.81. The van der Waals surface area contributed by atoms with Crippen molar-refractivity contribution in [3.05, 3.63) is 158 Å². The zero-order chi connectivity index (χ0) is 32.1. The van der Waals surface area contributed by atoms with Gasteiger partial charge >= 0.3 is 0 Å². The lowest BCUT2D eigenvalue weighted by Gasteiger charge is -2.13. The summed E-state index contributed by atoms with van der Waals surface area (Å²) in [4.78, 5) is 10.7. The molecule has 0 saturated carbocycles. The van der Waals surface area contributed by atoms with E-state index in [1.165, 1.54) is 10.8 Å². The van der Waals surface area contributed by atoms with E-state index in [1.807, 2.05) is 18.2 Å². The van der Waals surface area contributed by atoms with Crippen molar-refractivity contribution in [2.75, 3.05) is 0 Å². The van der Waals surface area contributed by atoms with Crippen LogP contribution >= 0.6 is 0 Å². The van der Waals surface area contributed by atoms with Gasteiger partial charge in [-0.2, -0.15) is 0 Å². The van der Waals surface area contributed by atoms with Crippen LogP contribution in [0.3, 0.4) is 0 Å². The van der Waals surface area contributed by atoms with Gasteiger partial charge in [0, 0.05) is 49.0 Å². The first kappa shape index (κ1) is 26.4. The average molecular weight is 627 g/mol. The van der Waals surface area contributed by atoms with Gasteiger partial charge in [0.15, 0.2) is 0 Å². The van der Waals surface area contributed by atoms with Crippen LogP contribution in [0.4, 0.5) is 0 Å². The number of hydrogen-bond donors (Lipinski definition) is 0. The molecular formula is C44H26N4O. The van der Waals surface area contributed by atoms with Gasteiger partial charge in [0.25, 0.3) is 0 Å². The van der Waals surface area contributed by atoms with Gasteiger partial charge in [-0.05, 0) is 48.5 Å². The van der Waals surface area contributed by atoms with E-state index in [1.54, 1.807) is 0 Å². The monoisotopic (exact) mass is 626 g/mol. The molecule has 49 heavy (non-hydrogen) atoms. The molecule has 5 nitrogen and oxygen atoms in total. The molecule has 0 aliphatic carbocycles. The van der Waals surface area contributed by atoms with Crippen LogP contribution in [-0.4, -0.2) is 19.1 Å². The predicted octanol–water partition coefficient (Wildman–Crippen LogP) is 11.4. The summed E-state index contributed by atoms with van der Waals surface area (Å²) in [5.74, 6) is 0.627. The topological polar surface area (TPSA) is 48.8 Å². The fourth-order valence-corrected chi connectivity index (χ4v) is 7.81. The largest absolute Gasteiger partial charge is 0.456 e. The van der Waals surface area contributed by atoms with Crippen molar-refractivity contribution in [3.63, 3.8) is 0 Å². The van der Waals surface area contributed by atoms with E-state index >= 15 is 0 Å². The number of fused-ring (bicyclic) bond motifs is 11. The normalized spacial score (nSPS) is 12.1. The number of hydrogen-bond acceptors (Lipinski definition) is 3. The number of aromatic nitrogens is 4. The van der Waals surface area contributed by atoms with E-state index in [2.05, 4.69) is 149 Å². The molecule has 4 heterocycles. The van der Waals surface area contributed by atoms with Gasteiger partial charge in [0.1, 0.15) is 11.2 Å². The lowest BCUT2D eigenvalue weighted by atomic mass is 10.0. The van der Waals surface area contributed by atoms with E-state index in [9.17, 15) is 0 Å². The molecule has 11 rings (SSSR count). The second kappa shape index (κ2) is 9.89. The van der Waals surface area contributed by atoms with Crippen LogP contribution < -0.4 is 0 Å². The van der Waals surface area contributed by atoms with Crippen LogP contribution in [0.15, 0.2) is 162 Å². The zero-order valence-corrected chi connectivity index (χ0v) is 26.2. The van der Waals surface area contributed by atoms with Crippen molar-refractivity contribution in [1.29, 1.82) is 0 Å². The smallest absolute Gasteiger partial charge is 0.235 e. The van der Waals surface area contributed by atoms with Gasteiger partial charge in [-0.3, -0.25) is 4.57 Å². The molecule has 0 saturated heterocycles. The summed E-state index contributed by atoms with van der Waals surface area (Å²) in [5.41, 5.74) is 9.98. The van der Waals surface area contributed by atoms with Crippen LogP contribution in [0.25, 0.3) is 99.3 Å². The van der Waals surface area contributed by atoms with Crippen molar-refractivity contribution in [3.8, 4) is 22.9 Å². The Kier molecular flexibility index (Phi) is 5.32. The molecule has 0 aliphatic heterocycles. The molecule has 11 aromatic rings. The Morgan fingerprint density at radius 2 is 0.980 bits per heavy atom. The number of furan rings is 1. The minimum atomic E-state index is 0.627. The molecule has 0 radical (unpaired) electrons. The molecule has 0 aliphatic rings. The third kappa shape index (κ3) is 3.70. The van der Waals surface area contributed by atoms with Crippen LogP contribution in [-0.2, 0) is 0 Å². The Balaban J connectivity index is 1.28. The van der Waals surface area contributed by atoms with Crippen molar-refractivity contribution in [2.45, 2.75) is 0 Å². The van der Waals surface area contributed by atoms with Gasteiger partial charge in [0.2, 0.25) is 5.95 Å². The molecule has 0 amide bonds. The standard InChI is InChI=1S/C44H26N4O/c1-2-12-28(13-3-1)47-37-19-9-5-14-29(37)33-24-25-34-30-15-6-10-20-38(30)48(43(34)42(33)47)44-45-36-18-8-4-17-35(36)41(46-44)27-22-23-32-31-16-7-11-21-39(31)49-40(32)26-27/h1-26H. The Morgan fingerprint density at radius 3 is 1.76 bits per heavy atom. The first-order valence-corrected chi connectivity index (χ1v) is 16.5. The van der Waals surface area contributed by atoms with E-state index in [0.29, 0.717) is 5.95 Å². The fraction of sp³-hybridized carbons (Fsp3) is 0. The van der Waals surface area contributed by atoms with Crippen LogP contribution in [0.1, 0.15) is 0 Å². The third-order valence-corrected chi connectivity index (χ3v) is 9.93. The van der Waals surface area contributed by atoms with Crippen molar-refractivity contribution in [1.82, 2.24) is 19.1 Å². The van der Waals surface area contributed by atoms with Gasteiger partial charge in [-0.25, -0.2) is 9.97 Å². The highest BCUT2D eigenvalue weighted by molar-refractivity contribution is 6.23. The summed E-state index contributed by atoms with van der Waals surface area (Å²) in [6.45, 7) is 0. The van der Waals surface area contributed by atoms with E-state index in [-0.39, 0.29) is 0 Å². The molecule has 7 aromatic carbocycles. The molecule has 0 bridgehead atoms. The van der Waals surface area contributed by atoms with E-state index < -0.39 is 0 Å². The lowest BCUT2D eigenvalue weighted by Crippen LogP contribution is -2.04. The molecule has 0 fully saturated rings. The third-order valence-electron chi connectivity index (χ3n) is 9.93. The molecular weight excluding hydrogens is 601 g/mol. The Hall–Kier alpha value is -6.72. The Bertz CT molecular complexity index is 3110. The summed E-state index contributed by atoms with van der Waals surface area (Å²) in [6.07, 6.45) is 0. The zero-order valence-electron chi connectivity index (χ0n) is 26.2. The van der Waals surface area contributed by atoms with Gasteiger partial charge in [-0.1, -0.05) is 109 Å². The maximum atomic E-state index is 6.33. The first-order chi connectivity index (χ1) is 24.3. The quantitative estimate of drug-likeness (QED) is 0.196. The average Bonchev–Trinajstić information content (AvgIpc) is 3.82. The molecule has 0 atom stereocenters. The summed E-state index contributed by atoms with van der Waals surface area (Å²) >= 11 is 0. The maximum absolute atomic E-state index is 6.33. The van der Waals surface area contributed by atoms with Crippen LogP contribution in [0.5, 0.6) is 0 Å². The van der Waals surface area contributed by atoms with Gasteiger partial charge in [0.05, 0.1) is 33.3 Å². The minimum absolute atomic E-state index is 0.627. The summed E-state index contributed by atoms with van der Waals surface area (Å²) in [7, 11) is 0. The lowest BCUT2D eigenvalue weighted by molar-refractivity contribution is 0.669. The number of para-hydroxylation sites is 5. The maximum Gasteiger partial charge on any atom is 0.235 e. The highest BCUT2D eigenvalue weighted by Crippen LogP contribution is 2.42. The summed E-state index contributed by atoms with van der Waals surface area (Å²) in [6, 6.07) is 55.3. The SMILES string of the molecule is c1ccc(-n2c3ccccc3c3ccc4c5ccccc5n(-c5nc(-c6ccc7c(c6)oc6ccccc67)c6ccccc6n5)c4c32)cc1. The first-order valence-electron chi connectivity index (χ1n) is 16.5. The molecule has 0 spiro atoms. The van der Waals surface area contributed by atoms with Crippen LogP contribution in [0.2, 0.25) is 0 Å². The molecule has 0 N–H and O–H groups in total. The van der Waals surface area contributed by atoms with Crippen molar-refractivity contribution < 1.29 is 4.42 Å². The van der Waals surface area contributed by atoms with Gasteiger partial charge in [-0.15, -0.1) is 0 Å². The highest BCUT2D eigenvalue weighted by atomic mass is 16.3. The Morgan fingerprint density at radius 1 is 0.408 bits per heavy atom. The second-order valence-corrected chi connectivity index (χ2v) is 12.6. The van der Waals surface area contributed by atoms with Crippen molar-refractivity contribution in [2.24, 2.45) is 0 Å². The minimum Gasteiger partial charge on any atom is -0.456 e. The number of nitrogens with zero attached hydrogens (tertiary/aromatic N) is 4. The van der Waals surface area contributed by atoms with E-state index in [4.69, 9.17) is 14.4 Å². The number of benzene rings is 7. The molecule has 5 heteroatoms. The van der Waals surface area contributed by atoms with Crippen molar-refractivity contribution >= 4 is 76.5 Å². The van der Waals surface area contributed by atoms with Crippen LogP contribution in [0, 0.1) is 0 Å². The van der Waals surface area contributed by atoms with E-state index in [0.717, 1.165) is 82.6 Å². The Labute approximate surface area is 279 Å². The molecule has 0 unspecified atom stereocenters. The molecule has 4 aromatic heterocycles. The second-order valence-electron chi connectivity index (χ2n) is 12.6. The summed E-state index contributed by atoms with van der Waals surface area (Å²) in [5, 5.41) is 7.91. The predicted molar refractivity (Wildman–Crippen MR) is 201 cm³/mol. The highest BCUT2D eigenvalue weighted by Gasteiger charge is 2.23. The summed E-state index contributed by atoms with van der Waals surface area (Å²) < 4.78 is 11.0. The molecule has 228 valence electrons. The number of rotatable bonds is 3. The van der Waals surface area contributed by atoms with Gasteiger partial charge < -0.3 is 8.98 Å².